The summed E-state index contributed by atoms with van der Waals surface area (Å²) in [7, 11) is 0. The van der Waals surface area contributed by atoms with Crippen LogP contribution >= 0.6 is 0 Å². The quantitative estimate of drug-likeness (QED) is 0.171. The first-order valence-electron chi connectivity index (χ1n) is 18.8. The molecule has 0 saturated heterocycles. The average Bonchev–Trinajstić information content (AvgIpc) is 3.95. The van der Waals surface area contributed by atoms with Crippen molar-refractivity contribution >= 4 is 76.3 Å². The Morgan fingerprint density at radius 1 is 0.345 bits per heavy atom. The largest absolute Gasteiger partial charge is 0.464 e. The smallest absolute Gasteiger partial charge is 0.136 e. The summed E-state index contributed by atoms with van der Waals surface area (Å²) in [6, 6.07) is 65.2. The van der Waals surface area contributed by atoms with E-state index in [4.69, 9.17) is 8.83 Å². The summed E-state index contributed by atoms with van der Waals surface area (Å²) in [5.74, 6) is 0. The van der Waals surface area contributed by atoms with Gasteiger partial charge in [-0.1, -0.05) is 133 Å². The minimum absolute atomic E-state index is 0.853. The Labute approximate surface area is 315 Å². The first-order valence-corrected chi connectivity index (χ1v) is 18.8. The number of hydrogen-bond acceptors (Lipinski definition) is 2. The van der Waals surface area contributed by atoms with Crippen molar-refractivity contribution in [2.75, 3.05) is 0 Å². The summed E-state index contributed by atoms with van der Waals surface area (Å²) in [5, 5.41) is 10.6. The van der Waals surface area contributed by atoms with Crippen LogP contribution in [-0.2, 0) is 0 Å². The lowest BCUT2D eigenvalue weighted by atomic mass is 9.85. The number of benzene rings is 9. The highest BCUT2D eigenvalue weighted by Gasteiger charge is 2.23. The molecule has 9 aromatic carbocycles. The van der Waals surface area contributed by atoms with Gasteiger partial charge < -0.3 is 13.4 Å². The van der Waals surface area contributed by atoms with Crippen LogP contribution in [0.4, 0.5) is 0 Å². The highest BCUT2D eigenvalue weighted by atomic mass is 16.3. The summed E-state index contributed by atoms with van der Waals surface area (Å²) in [6.45, 7) is 0. The number of rotatable bonds is 4. The van der Waals surface area contributed by atoms with Gasteiger partial charge in [0.05, 0.1) is 17.3 Å². The van der Waals surface area contributed by atoms with Gasteiger partial charge in [0.25, 0.3) is 0 Å². The van der Waals surface area contributed by atoms with Crippen molar-refractivity contribution in [2.45, 2.75) is 0 Å². The zero-order valence-electron chi connectivity index (χ0n) is 29.7. The van der Waals surface area contributed by atoms with E-state index in [1.807, 2.05) is 24.5 Å². The van der Waals surface area contributed by atoms with E-state index >= 15 is 0 Å². The molecule has 0 aliphatic carbocycles. The summed E-state index contributed by atoms with van der Waals surface area (Å²) in [5.41, 5.74) is 13.1. The fourth-order valence-electron chi connectivity index (χ4n) is 9.19. The third-order valence-corrected chi connectivity index (χ3v) is 11.5. The molecule has 0 radical (unpaired) electrons. The Morgan fingerprint density at radius 2 is 0.964 bits per heavy atom. The summed E-state index contributed by atoms with van der Waals surface area (Å²) < 4.78 is 15.2. The minimum atomic E-state index is 0.853. The molecule has 0 bridgehead atoms. The molecule has 3 aromatic heterocycles. The predicted molar refractivity (Wildman–Crippen MR) is 229 cm³/mol. The molecule has 0 saturated carbocycles. The van der Waals surface area contributed by atoms with Gasteiger partial charge in [-0.2, -0.15) is 0 Å². The van der Waals surface area contributed by atoms with Gasteiger partial charge in [0.2, 0.25) is 0 Å². The van der Waals surface area contributed by atoms with Crippen LogP contribution in [0, 0.1) is 0 Å². The Balaban J connectivity index is 1.13. The van der Waals surface area contributed by atoms with Crippen LogP contribution in [0.15, 0.2) is 197 Å². The molecule has 0 aliphatic rings. The Morgan fingerprint density at radius 3 is 1.71 bits per heavy atom. The number of furan rings is 2. The second-order valence-electron chi connectivity index (χ2n) is 14.4. The highest BCUT2D eigenvalue weighted by molar-refractivity contribution is 6.27. The molecule has 0 fully saturated rings. The molecule has 0 atom stereocenters. The molecular formula is C52H31NO2. The van der Waals surface area contributed by atoms with Gasteiger partial charge in [-0.15, -0.1) is 0 Å². The van der Waals surface area contributed by atoms with Crippen LogP contribution in [-0.4, -0.2) is 4.57 Å². The van der Waals surface area contributed by atoms with E-state index in [0.29, 0.717) is 0 Å². The molecule has 256 valence electrons. The maximum absolute atomic E-state index is 6.68. The molecule has 3 heteroatoms. The molecule has 0 aliphatic heterocycles. The van der Waals surface area contributed by atoms with Crippen LogP contribution in [0.1, 0.15) is 0 Å². The van der Waals surface area contributed by atoms with Gasteiger partial charge in [0.1, 0.15) is 16.7 Å². The van der Waals surface area contributed by atoms with Gasteiger partial charge in [-0.05, 0) is 97.9 Å². The minimum Gasteiger partial charge on any atom is -0.464 e. The predicted octanol–water partition coefficient (Wildman–Crippen LogP) is 14.7. The lowest BCUT2D eigenvalue weighted by Gasteiger charge is -2.18. The molecule has 0 unspecified atom stereocenters. The normalized spacial score (nSPS) is 12.0. The highest BCUT2D eigenvalue weighted by Crippen LogP contribution is 2.48. The van der Waals surface area contributed by atoms with E-state index in [9.17, 15) is 0 Å². The van der Waals surface area contributed by atoms with E-state index in [1.165, 1.54) is 60.0 Å². The fourth-order valence-corrected chi connectivity index (χ4v) is 9.19. The zero-order valence-corrected chi connectivity index (χ0v) is 29.7. The summed E-state index contributed by atoms with van der Waals surface area (Å²) in [4.78, 5) is 0. The number of nitrogens with zero attached hydrogens (tertiary/aromatic N) is 1. The van der Waals surface area contributed by atoms with Gasteiger partial charge in [-0.25, -0.2) is 0 Å². The van der Waals surface area contributed by atoms with Crippen molar-refractivity contribution in [2.24, 2.45) is 0 Å². The van der Waals surface area contributed by atoms with Crippen LogP contribution in [0.3, 0.4) is 0 Å². The zero-order chi connectivity index (χ0) is 36.0. The molecule has 3 nitrogen and oxygen atoms in total. The van der Waals surface area contributed by atoms with Gasteiger partial charge in [0, 0.05) is 38.2 Å². The molecular weight excluding hydrogens is 671 g/mol. The molecule has 3 heterocycles. The molecule has 12 rings (SSSR count). The SMILES string of the molecule is c1ccc(-c2coc3ccc4oc5cc(-c6c7ccccc7c(-c7cccc8c7c7ccccc7n8-c7ccccc7)c7ccccc67)ccc5c4c23)cc1. The second-order valence-corrected chi connectivity index (χ2v) is 14.4. The topological polar surface area (TPSA) is 31.2 Å². The van der Waals surface area contributed by atoms with Gasteiger partial charge >= 0.3 is 0 Å². The molecule has 0 amide bonds. The van der Waals surface area contributed by atoms with Crippen LogP contribution in [0.5, 0.6) is 0 Å². The van der Waals surface area contributed by atoms with Crippen molar-refractivity contribution in [3.8, 4) is 39.1 Å². The number of para-hydroxylation sites is 2. The average molecular weight is 702 g/mol. The van der Waals surface area contributed by atoms with Crippen molar-refractivity contribution in [3.05, 3.63) is 188 Å². The van der Waals surface area contributed by atoms with Crippen LogP contribution in [0.2, 0.25) is 0 Å². The third-order valence-electron chi connectivity index (χ3n) is 11.5. The van der Waals surface area contributed by atoms with Crippen LogP contribution < -0.4 is 0 Å². The van der Waals surface area contributed by atoms with E-state index in [0.717, 1.165) is 55.3 Å². The number of aromatic nitrogens is 1. The summed E-state index contributed by atoms with van der Waals surface area (Å²) in [6.07, 6.45) is 1.87. The Kier molecular flexibility index (Phi) is 6.34. The first kappa shape index (κ1) is 30.1. The van der Waals surface area contributed by atoms with Crippen molar-refractivity contribution in [3.63, 3.8) is 0 Å². The second kappa shape index (κ2) is 11.6. The molecule has 0 spiro atoms. The van der Waals surface area contributed by atoms with Gasteiger partial charge in [0.15, 0.2) is 0 Å². The van der Waals surface area contributed by atoms with E-state index < -0.39 is 0 Å². The van der Waals surface area contributed by atoms with E-state index in [-0.39, 0.29) is 0 Å². The lowest BCUT2D eigenvalue weighted by molar-refractivity contribution is 0.616. The molecule has 12 aromatic rings. The molecule has 0 N–H and O–H groups in total. The maximum atomic E-state index is 6.68. The third kappa shape index (κ3) is 4.32. The molecule has 55 heavy (non-hydrogen) atoms. The standard InChI is InChI=1S/C52H31NO2/c1-3-14-32(15-4-1)42-31-54-45-28-29-46-51(52(42)45)40-27-26-33(30-47(40)55-46)48-35-18-7-9-20-37(35)49(38-21-10-8-19-36(38)48)41-23-13-25-44-50(41)39-22-11-12-24-43(39)53(44)34-16-5-2-6-17-34/h1-31H. The van der Waals surface area contributed by atoms with Crippen LogP contribution in [0.25, 0.3) is 115 Å². The van der Waals surface area contributed by atoms with Crippen molar-refractivity contribution < 1.29 is 8.83 Å². The maximum Gasteiger partial charge on any atom is 0.136 e. The van der Waals surface area contributed by atoms with E-state index in [1.54, 1.807) is 0 Å². The van der Waals surface area contributed by atoms with Crippen molar-refractivity contribution in [1.29, 1.82) is 0 Å². The lowest BCUT2D eigenvalue weighted by Crippen LogP contribution is -1.93. The number of hydrogen-bond donors (Lipinski definition) is 0. The summed E-state index contributed by atoms with van der Waals surface area (Å²) >= 11 is 0. The van der Waals surface area contributed by atoms with E-state index in [2.05, 4.69) is 168 Å². The van der Waals surface area contributed by atoms with Gasteiger partial charge in [-0.3, -0.25) is 0 Å². The fraction of sp³-hybridized carbons (Fsp3) is 0. The Hall–Kier alpha value is -7.36. The monoisotopic (exact) mass is 701 g/mol. The van der Waals surface area contributed by atoms with Crippen molar-refractivity contribution in [1.82, 2.24) is 4.57 Å². The Bertz CT molecular complexity index is 3420. The number of fused-ring (bicyclic) bond motifs is 10. The first-order chi connectivity index (χ1) is 27.3.